The molecule has 69 valence electrons. The molecule has 0 aliphatic heterocycles. The van der Waals surface area contributed by atoms with Crippen LogP contribution in [-0.2, 0) is 0 Å². The molecule has 0 aliphatic carbocycles. The van der Waals surface area contributed by atoms with Crippen molar-refractivity contribution >= 4 is 0 Å². The summed E-state index contributed by atoms with van der Waals surface area (Å²) in [5.41, 5.74) is 0.980. The second-order valence-corrected chi connectivity index (χ2v) is 2.68. The minimum absolute atomic E-state index is 0.489. The number of nitrogens with zero attached hydrogens (tertiary/aromatic N) is 2. The summed E-state index contributed by atoms with van der Waals surface area (Å²) in [6.45, 7) is 0. The van der Waals surface area contributed by atoms with Gasteiger partial charge in [-0.1, -0.05) is 0 Å². The van der Waals surface area contributed by atoms with Gasteiger partial charge in [0, 0.05) is 5.56 Å². The largest absolute Gasteiger partial charge is 0.204 e. The van der Waals surface area contributed by atoms with Crippen LogP contribution in [0.4, 0.5) is 8.78 Å². The van der Waals surface area contributed by atoms with E-state index in [0.29, 0.717) is 11.3 Å². The lowest BCUT2D eigenvalue weighted by Crippen LogP contribution is -1.89. The second-order valence-electron chi connectivity index (χ2n) is 2.68. The summed E-state index contributed by atoms with van der Waals surface area (Å²) in [5.74, 6) is -1.76. The first kappa shape index (κ1) is 8.74. The van der Waals surface area contributed by atoms with Crippen molar-refractivity contribution in [1.82, 2.24) is 10.2 Å². The van der Waals surface area contributed by atoms with Gasteiger partial charge in [0.1, 0.15) is 6.20 Å². The smallest absolute Gasteiger partial charge is 0.159 e. The van der Waals surface area contributed by atoms with Crippen LogP contribution in [0.3, 0.4) is 0 Å². The molecule has 1 aromatic carbocycles. The van der Waals surface area contributed by atoms with Gasteiger partial charge in [0.2, 0.25) is 0 Å². The third kappa shape index (κ3) is 1.59. The zero-order valence-corrected chi connectivity index (χ0v) is 7.04. The zero-order chi connectivity index (χ0) is 9.97. The molecule has 0 spiro atoms. The molecule has 0 atom stereocenters. The summed E-state index contributed by atoms with van der Waals surface area (Å²) < 4.78 is 25.4. The van der Waals surface area contributed by atoms with Crippen LogP contribution in [0, 0.1) is 17.8 Å². The minimum Gasteiger partial charge on any atom is -0.204 e. The van der Waals surface area contributed by atoms with Crippen LogP contribution in [0.1, 0.15) is 0 Å². The van der Waals surface area contributed by atoms with Crippen LogP contribution in [0.15, 0.2) is 30.3 Å². The van der Waals surface area contributed by atoms with Gasteiger partial charge >= 0.3 is 0 Å². The van der Waals surface area contributed by atoms with Crippen molar-refractivity contribution in [2.24, 2.45) is 0 Å². The summed E-state index contributed by atoms with van der Waals surface area (Å²) in [6.07, 6.45) is 2.50. The highest BCUT2D eigenvalue weighted by Crippen LogP contribution is 2.18. The molecule has 4 heteroatoms. The van der Waals surface area contributed by atoms with Gasteiger partial charge < -0.3 is 0 Å². The first-order valence-electron chi connectivity index (χ1n) is 3.92. The average Bonchev–Trinajstić information content (AvgIpc) is 2.23. The van der Waals surface area contributed by atoms with Crippen LogP contribution in [0.25, 0.3) is 11.3 Å². The van der Waals surface area contributed by atoms with Crippen molar-refractivity contribution in [1.29, 1.82) is 0 Å². The number of hydrogen-bond donors (Lipinski definition) is 0. The molecule has 2 rings (SSSR count). The summed E-state index contributed by atoms with van der Waals surface area (Å²) >= 11 is 0. The molecule has 14 heavy (non-hydrogen) atoms. The van der Waals surface area contributed by atoms with Crippen LogP contribution < -0.4 is 0 Å². The Morgan fingerprint density at radius 3 is 2.57 bits per heavy atom. The molecule has 0 unspecified atom stereocenters. The van der Waals surface area contributed by atoms with E-state index in [-0.39, 0.29) is 0 Å². The minimum atomic E-state index is -0.892. The Morgan fingerprint density at radius 1 is 1.07 bits per heavy atom. The van der Waals surface area contributed by atoms with E-state index in [1.807, 2.05) is 0 Å². The molecule has 0 aliphatic rings. The Hall–Kier alpha value is -1.84. The Balaban J connectivity index is 2.48. The number of benzene rings is 1. The van der Waals surface area contributed by atoms with Crippen molar-refractivity contribution < 1.29 is 8.78 Å². The Kier molecular flexibility index (Phi) is 2.18. The predicted octanol–water partition coefficient (Wildman–Crippen LogP) is 2.22. The van der Waals surface area contributed by atoms with Gasteiger partial charge in [0.05, 0.1) is 5.69 Å². The van der Waals surface area contributed by atoms with Gasteiger partial charge in [-0.2, -0.15) is 0 Å². The fourth-order valence-electron chi connectivity index (χ4n) is 1.08. The van der Waals surface area contributed by atoms with Crippen LogP contribution >= 0.6 is 0 Å². The summed E-state index contributed by atoms with van der Waals surface area (Å²) in [6, 6.07) is 6.77. The predicted molar refractivity (Wildman–Crippen MR) is 46.2 cm³/mol. The molecule has 0 saturated carbocycles. The van der Waals surface area contributed by atoms with E-state index < -0.39 is 11.6 Å². The standard InChI is InChI=1S/C10H5F2N2/c11-8-4-3-7(6-9(8)12)10-2-1-5-13-14-10/h1-4,6H. The second kappa shape index (κ2) is 3.49. The lowest BCUT2D eigenvalue weighted by molar-refractivity contribution is 0.509. The highest BCUT2D eigenvalue weighted by molar-refractivity contribution is 5.57. The lowest BCUT2D eigenvalue weighted by atomic mass is 10.1. The lowest BCUT2D eigenvalue weighted by Gasteiger charge is -1.99. The molecule has 0 N–H and O–H groups in total. The monoisotopic (exact) mass is 191 g/mol. The molecule has 0 amide bonds. The van der Waals surface area contributed by atoms with E-state index in [1.165, 1.54) is 6.07 Å². The molecule has 1 radical (unpaired) electrons. The maximum absolute atomic E-state index is 12.8. The van der Waals surface area contributed by atoms with E-state index in [4.69, 9.17) is 0 Å². The fourth-order valence-corrected chi connectivity index (χ4v) is 1.08. The van der Waals surface area contributed by atoms with Crippen molar-refractivity contribution in [3.05, 3.63) is 48.2 Å². The van der Waals surface area contributed by atoms with E-state index in [9.17, 15) is 8.78 Å². The summed E-state index contributed by atoms with van der Waals surface area (Å²) in [7, 11) is 0. The Bertz CT molecular complexity index is 443. The Morgan fingerprint density at radius 2 is 1.93 bits per heavy atom. The van der Waals surface area contributed by atoms with E-state index in [1.54, 1.807) is 12.1 Å². The normalized spacial score (nSPS) is 10.1. The van der Waals surface area contributed by atoms with Crippen molar-refractivity contribution in [3.8, 4) is 11.3 Å². The number of rotatable bonds is 1. The van der Waals surface area contributed by atoms with Gasteiger partial charge in [-0.15, -0.1) is 10.2 Å². The van der Waals surface area contributed by atoms with Crippen molar-refractivity contribution in [3.63, 3.8) is 0 Å². The first-order valence-corrected chi connectivity index (χ1v) is 3.92. The SMILES string of the molecule is Fc1ccc(-c2cc[c]nn2)cc1F. The average molecular weight is 191 g/mol. The molecular formula is C10H5F2N2. The van der Waals surface area contributed by atoms with Gasteiger partial charge in [-0.05, 0) is 30.3 Å². The molecular weight excluding hydrogens is 186 g/mol. The maximum Gasteiger partial charge on any atom is 0.159 e. The first-order chi connectivity index (χ1) is 6.77. The summed E-state index contributed by atoms with van der Waals surface area (Å²) in [4.78, 5) is 0. The van der Waals surface area contributed by atoms with Crippen molar-refractivity contribution in [2.45, 2.75) is 0 Å². The van der Waals surface area contributed by atoms with Crippen LogP contribution in [0.5, 0.6) is 0 Å². The topological polar surface area (TPSA) is 25.8 Å². The molecule has 0 saturated heterocycles. The highest BCUT2D eigenvalue weighted by Gasteiger charge is 2.04. The number of aromatic nitrogens is 2. The van der Waals surface area contributed by atoms with Crippen LogP contribution in [-0.4, -0.2) is 10.2 Å². The molecule has 1 heterocycles. The van der Waals surface area contributed by atoms with Gasteiger partial charge in [0.25, 0.3) is 0 Å². The maximum atomic E-state index is 12.8. The molecule has 2 nitrogen and oxygen atoms in total. The molecule has 2 aromatic rings. The molecule has 0 bridgehead atoms. The van der Waals surface area contributed by atoms with E-state index in [0.717, 1.165) is 12.1 Å². The number of halogens is 2. The highest BCUT2D eigenvalue weighted by atomic mass is 19.2. The van der Waals surface area contributed by atoms with Gasteiger partial charge in [-0.25, -0.2) is 8.78 Å². The zero-order valence-electron chi connectivity index (χ0n) is 7.04. The number of hydrogen-bond acceptors (Lipinski definition) is 2. The summed E-state index contributed by atoms with van der Waals surface area (Å²) in [5, 5.41) is 7.25. The third-order valence-corrected chi connectivity index (χ3v) is 1.75. The fraction of sp³-hybridized carbons (Fsp3) is 0. The molecule has 1 aromatic heterocycles. The van der Waals surface area contributed by atoms with E-state index in [2.05, 4.69) is 16.4 Å². The van der Waals surface area contributed by atoms with Gasteiger partial charge in [-0.3, -0.25) is 0 Å². The van der Waals surface area contributed by atoms with E-state index >= 15 is 0 Å². The van der Waals surface area contributed by atoms with Crippen LogP contribution in [0.2, 0.25) is 0 Å². The van der Waals surface area contributed by atoms with Crippen molar-refractivity contribution in [2.75, 3.05) is 0 Å². The Labute approximate surface area is 79.2 Å². The molecule has 0 fully saturated rings. The quantitative estimate of drug-likeness (QED) is 0.690. The third-order valence-electron chi connectivity index (χ3n) is 1.75. The van der Waals surface area contributed by atoms with Gasteiger partial charge in [0.15, 0.2) is 11.6 Å².